The average molecular weight is 364 g/mol. The molecule has 0 spiro atoms. The van der Waals surface area contributed by atoms with Gasteiger partial charge in [-0.3, -0.25) is 4.79 Å². The van der Waals surface area contributed by atoms with Crippen LogP contribution in [0.25, 0.3) is 5.69 Å². The van der Waals surface area contributed by atoms with Crippen LogP contribution >= 0.6 is 0 Å². The number of ether oxygens (including phenoxy) is 1. The van der Waals surface area contributed by atoms with Crippen molar-refractivity contribution in [1.29, 1.82) is 0 Å². The molecule has 0 saturated heterocycles. The van der Waals surface area contributed by atoms with E-state index >= 15 is 0 Å². The van der Waals surface area contributed by atoms with Gasteiger partial charge in [-0.2, -0.15) is 0 Å². The first kappa shape index (κ1) is 17.3. The predicted molar refractivity (Wildman–Crippen MR) is 103 cm³/mol. The quantitative estimate of drug-likeness (QED) is 0.684. The lowest BCUT2D eigenvalue weighted by atomic mass is 9.95. The third kappa shape index (κ3) is 2.99. The van der Waals surface area contributed by atoms with Gasteiger partial charge >= 0.3 is 0 Å². The van der Waals surface area contributed by atoms with Crippen molar-refractivity contribution in [3.63, 3.8) is 0 Å². The molecule has 2 heterocycles. The molecule has 0 atom stereocenters. The lowest BCUT2D eigenvalue weighted by molar-refractivity contribution is 0.0984. The Morgan fingerprint density at radius 1 is 1.15 bits per heavy atom. The second-order valence-electron chi connectivity index (χ2n) is 6.73. The lowest BCUT2D eigenvalue weighted by Crippen LogP contribution is -2.36. The van der Waals surface area contributed by atoms with Crippen LogP contribution in [-0.4, -0.2) is 24.1 Å². The maximum absolute atomic E-state index is 14.6. The number of hydrogen-bond acceptors (Lipinski definition) is 2. The van der Waals surface area contributed by atoms with Crippen LogP contribution in [0.2, 0.25) is 0 Å². The highest BCUT2D eigenvalue weighted by molar-refractivity contribution is 6.07. The summed E-state index contributed by atoms with van der Waals surface area (Å²) >= 11 is 0. The summed E-state index contributed by atoms with van der Waals surface area (Å²) in [6, 6.07) is 12.2. The Hall–Kier alpha value is -3.08. The summed E-state index contributed by atoms with van der Waals surface area (Å²) in [5.41, 5.74) is 3.82. The van der Waals surface area contributed by atoms with Gasteiger partial charge in [0.25, 0.3) is 5.91 Å². The van der Waals surface area contributed by atoms with Gasteiger partial charge in [0, 0.05) is 24.5 Å². The third-order valence-electron chi connectivity index (χ3n) is 5.10. The van der Waals surface area contributed by atoms with Gasteiger partial charge in [-0.25, -0.2) is 4.39 Å². The second kappa shape index (κ2) is 6.91. The van der Waals surface area contributed by atoms with Crippen molar-refractivity contribution in [1.82, 2.24) is 4.57 Å². The smallest absolute Gasteiger partial charge is 0.258 e. The molecule has 0 radical (unpaired) electrons. The highest BCUT2D eigenvalue weighted by atomic mass is 19.1. The van der Waals surface area contributed by atoms with Crippen molar-refractivity contribution in [2.45, 2.75) is 19.8 Å². The summed E-state index contributed by atoms with van der Waals surface area (Å²) in [6.45, 7) is 2.63. The van der Waals surface area contributed by atoms with E-state index in [2.05, 4.69) is 0 Å². The van der Waals surface area contributed by atoms with Crippen LogP contribution in [0.4, 0.5) is 10.1 Å². The number of halogens is 1. The molecule has 0 saturated carbocycles. The summed E-state index contributed by atoms with van der Waals surface area (Å²) in [6.07, 6.45) is 5.32. The van der Waals surface area contributed by atoms with Crippen LogP contribution < -0.4 is 9.64 Å². The number of nitrogens with zero attached hydrogens (tertiary/aromatic N) is 2. The number of aryl methyl sites for hydroxylation is 1. The number of methoxy groups -OCH3 is 1. The zero-order chi connectivity index (χ0) is 19.0. The SMILES string of the molecule is COc1ccc(C)c2c1N(C(=O)c1ccc(-n3cccc3)c(F)c1)CCC2. The fraction of sp³-hybridized carbons (Fsp3) is 0.227. The number of aromatic nitrogens is 1. The third-order valence-corrected chi connectivity index (χ3v) is 5.10. The minimum atomic E-state index is -0.425. The van der Waals surface area contributed by atoms with Crippen molar-refractivity contribution in [2.75, 3.05) is 18.6 Å². The predicted octanol–water partition coefficient (Wildman–Crippen LogP) is 4.53. The topological polar surface area (TPSA) is 34.5 Å². The van der Waals surface area contributed by atoms with Gasteiger partial charge in [-0.1, -0.05) is 6.07 Å². The van der Waals surface area contributed by atoms with Gasteiger partial charge in [0.2, 0.25) is 0 Å². The molecule has 0 bridgehead atoms. The summed E-state index contributed by atoms with van der Waals surface area (Å²) < 4.78 is 21.8. The lowest BCUT2D eigenvalue weighted by Gasteiger charge is -2.32. The van der Waals surface area contributed by atoms with Crippen LogP contribution in [-0.2, 0) is 6.42 Å². The Morgan fingerprint density at radius 3 is 2.63 bits per heavy atom. The summed E-state index contributed by atoms with van der Waals surface area (Å²) in [5, 5.41) is 0. The van der Waals surface area contributed by atoms with E-state index in [4.69, 9.17) is 4.74 Å². The Labute approximate surface area is 157 Å². The van der Waals surface area contributed by atoms with Gasteiger partial charge in [-0.15, -0.1) is 0 Å². The number of rotatable bonds is 3. The fourth-order valence-electron chi connectivity index (χ4n) is 3.72. The molecule has 1 aliphatic heterocycles. The molecule has 27 heavy (non-hydrogen) atoms. The highest BCUT2D eigenvalue weighted by Crippen LogP contribution is 2.39. The van der Waals surface area contributed by atoms with E-state index < -0.39 is 5.82 Å². The first-order valence-corrected chi connectivity index (χ1v) is 9.01. The molecule has 2 aromatic carbocycles. The minimum Gasteiger partial charge on any atom is -0.495 e. The molecular formula is C22H21FN2O2. The van der Waals surface area contributed by atoms with Gasteiger partial charge < -0.3 is 14.2 Å². The van der Waals surface area contributed by atoms with E-state index in [-0.39, 0.29) is 5.91 Å². The number of anilines is 1. The molecule has 0 aliphatic carbocycles. The van der Waals surface area contributed by atoms with E-state index in [1.165, 1.54) is 6.07 Å². The Morgan fingerprint density at radius 2 is 1.93 bits per heavy atom. The molecule has 5 heteroatoms. The number of benzene rings is 2. The first-order valence-electron chi connectivity index (χ1n) is 9.01. The first-order chi connectivity index (χ1) is 13.1. The molecule has 3 aromatic rings. The Bertz CT molecular complexity index is 996. The van der Waals surface area contributed by atoms with Crippen LogP contribution in [0.5, 0.6) is 5.75 Å². The van der Waals surface area contributed by atoms with E-state index in [0.29, 0.717) is 23.5 Å². The summed E-state index contributed by atoms with van der Waals surface area (Å²) in [7, 11) is 1.60. The standard InChI is InChI=1S/C22H21FN2O2/c1-15-7-10-20(27-2)21-17(15)6-5-13-25(21)22(26)16-8-9-19(18(23)14-16)24-11-3-4-12-24/h3-4,7-12,14H,5-6,13H2,1-2H3. The summed E-state index contributed by atoms with van der Waals surface area (Å²) in [5.74, 6) is 0.0383. The van der Waals surface area contributed by atoms with Crippen molar-refractivity contribution in [2.24, 2.45) is 0 Å². The van der Waals surface area contributed by atoms with Gasteiger partial charge in [0.05, 0.1) is 18.5 Å². The summed E-state index contributed by atoms with van der Waals surface area (Å²) in [4.78, 5) is 14.9. The average Bonchev–Trinajstić information content (AvgIpc) is 3.22. The van der Waals surface area contributed by atoms with E-state index in [0.717, 1.165) is 29.7 Å². The Balaban J connectivity index is 1.73. The molecule has 0 fully saturated rings. The maximum atomic E-state index is 14.6. The van der Waals surface area contributed by atoms with E-state index in [9.17, 15) is 9.18 Å². The van der Waals surface area contributed by atoms with Crippen molar-refractivity contribution >= 4 is 11.6 Å². The molecule has 4 rings (SSSR count). The normalized spacial score (nSPS) is 13.4. The zero-order valence-electron chi connectivity index (χ0n) is 15.4. The van der Waals surface area contributed by atoms with Crippen LogP contribution in [0, 0.1) is 12.7 Å². The van der Waals surface area contributed by atoms with Crippen molar-refractivity contribution in [3.05, 3.63) is 77.4 Å². The molecule has 0 N–H and O–H groups in total. The largest absolute Gasteiger partial charge is 0.495 e. The van der Waals surface area contributed by atoms with Gasteiger partial charge in [0.1, 0.15) is 11.6 Å². The van der Waals surface area contributed by atoms with Crippen LogP contribution in [0.15, 0.2) is 54.9 Å². The fourth-order valence-corrected chi connectivity index (χ4v) is 3.72. The van der Waals surface area contributed by atoms with Crippen LogP contribution in [0.1, 0.15) is 27.9 Å². The molecule has 1 aliphatic rings. The molecular weight excluding hydrogens is 343 g/mol. The monoisotopic (exact) mass is 364 g/mol. The number of fused-ring (bicyclic) bond motifs is 1. The Kier molecular flexibility index (Phi) is 4.44. The van der Waals surface area contributed by atoms with E-state index in [1.54, 1.807) is 41.1 Å². The van der Waals surface area contributed by atoms with E-state index in [1.807, 2.05) is 31.2 Å². The highest BCUT2D eigenvalue weighted by Gasteiger charge is 2.28. The number of amides is 1. The number of hydrogen-bond donors (Lipinski definition) is 0. The maximum Gasteiger partial charge on any atom is 0.258 e. The van der Waals surface area contributed by atoms with Crippen molar-refractivity contribution in [3.8, 4) is 11.4 Å². The van der Waals surface area contributed by atoms with Gasteiger partial charge in [0.15, 0.2) is 0 Å². The molecule has 138 valence electrons. The molecule has 4 nitrogen and oxygen atoms in total. The number of carbonyl (C=O) groups excluding carboxylic acids is 1. The minimum absolute atomic E-state index is 0.210. The van der Waals surface area contributed by atoms with Crippen molar-refractivity contribution < 1.29 is 13.9 Å². The number of carbonyl (C=O) groups is 1. The molecule has 0 unspecified atom stereocenters. The van der Waals surface area contributed by atoms with Gasteiger partial charge in [-0.05, 0) is 67.3 Å². The molecule has 1 amide bonds. The van der Waals surface area contributed by atoms with Crippen LogP contribution in [0.3, 0.4) is 0 Å². The molecule has 1 aromatic heterocycles. The second-order valence-corrected chi connectivity index (χ2v) is 6.73. The zero-order valence-corrected chi connectivity index (χ0v) is 15.4.